The SMILES string of the molecule is CC(=O)O[C@H]1C=C([C@H](C)[C@H]2CC(C)=C(C)C(=O)O2)[C@@]2(C)CC[C@H]3[C@@H](C[C@H]4O[C@]45[C@@H](OC(C)=O)C=CC(=O)[C@]35C)[C@]12O. The molecule has 0 radical (unpaired) electrons. The molecular formula is C32H40O9. The van der Waals surface area contributed by atoms with Crippen molar-refractivity contribution in [2.24, 2.45) is 28.6 Å². The van der Waals surface area contributed by atoms with Crippen LogP contribution in [0.2, 0.25) is 0 Å². The highest BCUT2D eigenvalue weighted by atomic mass is 16.7. The van der Waals surface area contributed by atoms with Crippen LogP contribution in [0.15, 0.2) is 34.9 Å². The summed E-state index contributed by atoms with van der Waals surface area (Å²) in [5.41, 5.74) is -1.85. The van der Waals surface area contributed by atoms with E-state index >= 15 is 0 Å². The summed E-state index contributed by atoms with van der Waals surface area (Å²) in [5.74, 6) is -2.39. The molecule has 9 heteroatoms. The van der Waals surface area contributed by atoms with Crippen molar-refractivity contribution in [3.05, 3.63) is 34.9 Å². The number of fused-ring (bicyclic) bond motifs is 4. The number of rotatable bonds is 4. The Balaban J connectivity index is 1.40. The Morgan fingerprint density at radius 3 is 2.37 bits per heavy atom. The predicted molar refractivity (Wildman–Crippen MR) is 145 cm³/mol. The number of allylic oxidation sites excluding steroid dienone is 1. The monoisotopic (exact) mass is 568 g/mol. The van der Waals surface area contributed by atoms with Crippen LogP contribution >= 0.6 is 0 Å². The molecule has 3 fully saturated rings. The van der Waals surface area contributed by atoms with Crippen LogP contribution in [0.5, 0.6) is 0 Å². The van der Waals surface area contributed by atoms with Gasteiger partial charge < -0.3 is 24.1 Å². The smallest absolute Gasteiger partial charge is 0.333 e. The summed E-state index contributed by atoms with van der Waals surface area (Å²) in [4.78, 5) is 50.7. The minimum Gasteiger partial charge on any atom is -0.458 e. The van der Waals surface area contributed by atoms with Gasteiger partial charge in [0.05, 0.1) is 11.5 Å². The molecule has 1 spiro atoms. The first-order valence-corrected chi connectivity index (χ1v) is 14.7. The highest BCUT2D eigenvalue weighted by molar-refractivity contribution is 5.98. The summed E-state index contributed by atoms with van der Waals surface area (Å²) in [7, 11) is 0. The molecule has 0 bridgehead atoms. The zero-order valence-electron chi connectivity index (χ0n) is 24.8. The standard InChI is InChI=1S/C32H40O9/c1-15-12-23(40-28(36)16(15)2)17(3)21-13-26(39-19(5)34)31(37)22-14-27-32(41-27)25(38-18(4)33)9-8-24(35)30(32,7)20(22)10-11-29(21,31)6/h8-9,13,17,20,22-23,25-27,37H,10-12,14H2,1-7H3/t17-,20-,22+,23+,25-,26-,27+,29+,30-,31-,32+/m0/s1. The first-order valence-electron chi connectivity index (χ1n) is 14.7. The van der Waals surface area contributed by atoms with Crippen molar-refractivity contribution in [1.29, 1.82) is 0 Å². The molecule has 2 heterocycles. The summed E-state index contributed by atoms with van der Waals surface area (Å²) < 4.78 is 23.7. The van der Waals surface area contributed by atoms with Gasteiger partial charge in [0.15, 0.2) is 11.9 Å². The summed E-state index contributed by atoms with van der Waals surface area (Å²) in [6.45, 7) is 12.3. The van der Waals surface area contributed by atoms with Crippen LogP contribution in [-0.2, 0) is 38.1 Å². The Kier molecular flexibility index (Phi) is 6.13. The third-order valence-electron chi connectivity index (χ3n) is 11.8. The number of esters is 3. The van der Waals surface area contributed by atoms with E-state index in [9.17, 15) is 24.3 Å². The van der Waals surface area contributed by atoms with Crippen molar-refractivity contribution >= 4 is 23.7 Å². The third-order valence-corrected chi connectivity index (χ3v) is 11.8. The van der Waals surface area contributed by atoms with Crippen LogP contribution in [0.4, 0.5) is 0 Å². The number of ketones is 1. The fourth-order valence-electron chi connectivity index (χ4n) is 9.42. The van der Waals surface area contributed by atoms with E-state index in [-0.39, 0.29) is 23.6 Å². The molecule has 0 aromatic heterocycles. The summed E-state index contributed by atoms with van der Waals surface area (Å²) in [5, 5.41) is 13.0. The number of carbonyl (C=O) groups excluding carboxylic acids is 4. The van der Waals surface area contributed by atoms with E-state index in [2.05, 4.69) is 0 Å². The number of ether oxygens (including phenoxy) is 4. The molecule has 0 aromatic rings. The van der Waals surface area contributed by atoms with Gasteiger partial charge in [-0.25, -0.2) is 4.79 Å². The average molecular weight is 569 g/mol. The molecular weight excluding hydrogens is 528 g/mol. The number of hydrogen-bond donors (Lipinski definition) is 1. The molecule has 0 unspecified atom stereocenters. The van der Waals surface area contributed by atoms with Gasteiger partial charge >= 0.3 is 17.9 Å². The van der Waals surface area contributed by atoms with Gasteiger partial charge in [-0.15, -0.1) is 0 Å². The minimum absolute atomic E-state index is 0.111. The van der Waals surface area contributed by atoms with Gasteiger partial charge in [-0.2, -0.15) is 0 Å². The Labute approximate surface area is 240 Å². The molecule has 2 aliphatic heterocycles. The highest BCUT2D eigenvalue weighted by Crippen LogP contribution is 2.74. The molecule has 6 rings (SSSR count). The predicted octanol–water partition coefficient (Wildman–Crippen LogP) is 3.53. The molecule has 0 aromatic carbocycles. The molecule has 6 aliphatic rings. The van der Waals surface area contributed by atoms with Crippen molar-refractivity contribution < 1.29 is 43.2 Å². The van der Waals surface area contributed by atoms with E-state index in [0.717, 1.165) is 11.1 Å². The highest BCUT2D eigenvalue weighted by Gasteiger charge is 2.83. The lowest BCUT2D eigenvalue weighted by Gasteiger charge is -2.61. The van der Waals surface area contributed by atoms with Gasteiger partial charge in [0, 0.05) is 37.2 Å². The maximum atomic E-state index is 13.7. The number of epoxide rings is 1. The molecule has 0 amide bonds. The second kappa shape index (κ2) is 8.86. The van der Waals surface area contributed by atoms with Gasteiger partial charge in [-0.3, -0.25) is 14.4 Å². The van der Waals surface area contributed by atoms with Gasteiger partial charge in [0.25, 0.3) is 0 Å². The van der Waals surface area contributed by atoms with E-state index in [0.29, 0.717) is 31.3 Å². The van der Waals surface area contributed by atoms with Gasteiger partial charge in [0.1, 0.15) is 23.4 Å². The summed E-state index contributed by atoms with van der Waals surface area (Å²) in [6.07, 6.45) is 4.67. The number of cyclic esters (lactones) is 1. The van der Waals surface area contributed by atoms with Crippen LogP contribution in [-0.4, -0.2) is 64.4 Å². The lowest BCUT2D eigenvalue weighted by molar-refractivity contribution is -0.225. The fraction of sp³-hybridized carbons (Fsp3) is 0.688. The van der Waals surface area contributed by atoms with Crippen molar-refractivity contribution in [3.8, 4) is 0 Å². The first-order chi connectivity index (χ1) is 19.1. The van der Waals surface area contributed by atoms with Crippen LogP contribution in [0.3, 0.4) is 0 Å². The quantitative estimate of drug-likeness (QED) is 0.234. The molecule has 4 aliphatic carbocycles. The second-order valence-electron chi connectivity index (χ2n) is 13.5. The van der Waals surface area contributed by atoms with Crippen LogP contribution < -0.4 is 0 Å². The maximum Gasteiger partial charge on any atom is 0.333 e. The van der Waals surface area contributed by atoms with Crippen molar-refractivity contribution in [2.75, 3.05) is 0 Å². The topological polar surface area (TPSA) is 129 Å². The van der Waals surface area contributed by atoms with Crippen LogP contribution in [0.25, 0.3) is 0 Å². The Morgan fingerprint density at radius 1 is 1.07 bits per heavy atom. The van der Waals surface area contributed by atoms with Crippen molar-refractivity contribution in [3.63, 3.8) is 0 Å². The molecule has 222 valence electrons. The largest absolute Gasteiger partial charge is 0.458 e. The molecule has 41 heavy (non-hydrogen) atoms. The summed E-state index contributed by atoms with van der Waals surface area (Å²) in [6, 6.07) is 0. The zero-order chi connectivity index (χ0) is 29.9. The van der Waals surface area contributed by atoms with Crippen molar-refractivity contribution in [1.82, 2.24) is 0 Å². The minimum atomic E-state index is -1.52. The van der Waals surface area contributed by atoms with E-state index in [1.165, 1.54) is 19.9 Å². The Bertz CT molecular complexity index is 1340. The Hall–Kier alpha value is -2.78. The molecule has 1 saturated heterocycles. The second-order valence-corrected chi connectivity index (χ2v) is 13.5. The third kappa shape index (κ3) is 3.48. The van der Waals surface area contributed by atoms with Gasteiger partial charge in [-0.1, -0.05) is 25.0 Å². The molecule has 9 nitrogen and oxygen atoms in total. The average Bonchev–Trinajstić information content (AvgIpc) is 3.58. The van der Waals surface area contributed by atoms with Gasteiger partial charge in [0.2, 0.25) is 0 Å². The number of hydrogen-bond acceptors (Lipinski definition) is 9. The molecule has 11 atom stereocenters. The van der Waals surface area contributed by atoms with Crippen LogP contribution in [0, 0.1) is 28.6 Å². The lowest BCUT2D eigenvalue weighted by Crippen LogP contribution is -2.70. The van der Waals surface area contributed by atoms with E-state index in [1.807, 2.05) is 33.8 Å². The number of aliphatic hydroxyl groups is 1. The fourth-order valence-corrected chi connectivity index (χ4v) is 9.42. The maximum absolute atomic E-state index is 13.7. The summed E-state index contributed by atoms with van der Waals surface area (Å²) >= 11 is 0. The van der Waals surface area contributed by atoms with E-state index in [1.54, 1.807) is 13.0 Å². The lowest BCUT2D eigenvalue weighted by atomic mass is 9.42. The van der Waals surface area contributed by atoms with Crippen LogP contribution in [0.1, 0.15) is 74.1 Å². The van der Waals surface area contributed by atoms with E-state index in [4.69, 9.17) is 18.9 Å². The Morgan fingerprint density at radius 2 is 1.73 bits per heavy atom. The molecule has 1 N–H and O–H groups in total. The zero-order valence-corrected chi connectivity index (χ0v) is 24.8. The normalized spacial score (nSPS) is 46.8. The first kappa shape index (κ1) is 28.3. The van der Waals surface area contributed by atoms with Gasteiger partial charge in [-0.05, 0) is 70.1 Å². The number of carbonyl (C=O) groups is 4. The molecule has 2 saturated carbocycles. The van der Waals surface area contributed by atoms with Crippen molar-refractivity contribution in [2.45, 2.75) is 110 Å². The van der Waals surface area contributed by atoms with E-state index < -0.39 is 64.3 Å².